The van der Waals surface area contributed by atoms with Crippen molar-refractivity contribution in [1.29, 1.82) is 5.26 Å². The molecule has 20 heavy (non-hydrogen) atoms. The second-order valence-corrected chi connectivity index (χ2v) is 5.95. The lowest BCUT2D eigenvalue weighted by Crippen LogP contribution is -2.43. The van der Waals surface area contributed by atoms with Gasteiger partial charge >= 0.3 is 0 Å². The Bertz CT molecular complexity index is 498. The van der Waals surface area contributed by atoms with E-state index >= 15 is 0 Å². The fourth-order valence-corrected chi connectivity index (χ4v) is 2.54. The zero-order chi connectivity index (χ0) is 14.7. The largest absolute Gasteiger partial charge is 0.383 e. The van der Waals surface area contributed by atoms with Crippen LogP contribution in [0.5, 0.6) is 0 Å². The Labute approximate surface area is 120 Å². The van der Waals surface area contributed by atoms with E-state index in [1.165, 1.54) is 0 Å². The lowest BCUT2D eigenvalue weighted by atomic mass is 10.1. The Kier molecular flexibility index (Phi) is 4.50. The van der Waals surface area contributed by atoms with Crippen LogP contribution in [0.15, 0.2) is 0 Å². The minimum atomic E-state index is 0.150. The van der Waals surface area contributed by atoms with Gasteiger partial charge in [0.25, 0.3) is 0 Å². The standard InChI is InChI=1S/C14H24N6/c1-10(2)5-7-20-13(17)12(8-15)14(18-20)19-6-3-4-11(16)9-19/h10-11H,3-7,9,16-17H2,1-2H3. The van der Waals surface area contributed by atoms with Gasteiger partial charge in [-0.25, -0.2) is 4.68 Å². The van der Waals surface area contributed by atoms with E-state index in [4.69, 9.17) is 11.5 Å². The Balaban J connectivity index is 2.24. The zero-order valence-electron chi connectivity index (χ0n) is 12.3. The van der Waals surface area contributed by atoms with Crippen LogP contribution in [0.1, 0.15) is 38.7 Å². The number of nitrogens with zero attached hydrogens (tertiary/aromatic N) is 4. The highest BCUT2D eigenvalue weighted by Gasteiger charge is 2.24. The summed E-state index contributed by atoms with van der Waals surface area (Å²) in [6.45, 7) is 6.71. The third kappa shape index (κ3) is 3.05. The molecule has 1 aromatic rings. The molecule has 1 saturated heterocycles. The third-order valence-corrected chi connectivity index (χ3v) is 3.76. The summed E-state index contributed by atoms with van der Waals surface area (Å²) < 4.78 is 1.76. The molecule has 2 rings (SSSR count). The van der Waals surface area contributed by atoms with Crippen molar-refractivity contribution < 1.29 is 0 Å². The molecule has 1 unspecified atom stereocenters. The van der Waals surface area contributed by atoms with Crippen molar-refractivity contribution in [3.8, 4) is 6.07 Å². The highest BCUT2D eigenvalue weighted by Crippen LogP contribution is 2.27. The number of hydrogen-bond donors (Lipinski definition) is 2. The lowest BCUT2D eigenvalue weighted by molar-refractivity contribution is 0.481. The first kappa shape index (κ1) is 14.7. The summed E-state index contributed by atoms with van der Waals surface area (Å²) in [5.41, 5.74) is 12.6. The van der Waals surface area contributed by atoms with Gasteiger partial charge in [-0.3, -0.25) is 0 Å². The van der Waals surface area contributed by atoms with Gasteiger partial charge in [0.1, 0.15) is 17.5 Å². The predicted molar refractivity (Wildman–Crippen MR) is 80.2 cm³/mol. The van der Waals surface area contributed by atoms with Crippen molar-refractivity contribution in [3.63, 3.8) is 0 Å². The average Bonchev–Trinajstić information content (AvgIpc) is 2.73. The molecule has 1 aromatic heterocycles. The van der Waals surface area contributed by atoms with Crippen LogP contribution in [0.3, 0.4) is 0 Å². The average molecular weight is 276 g/mol. The smallest absolute Gasteiger partial charge is 0.170 e. The van der Waals surface area contributed by atoms with Crippen LogP contribution in [0.25, 0.3) is 0 Å². The monoisotopic (exact) mass is 276 g/mol. The zero-order valence-corrected chi connectivity index (χ0v) is 12.3. The van der Waals surface area contributed by atoms with E-state index < -0.39 is 0 Å². The first-order valence-electron chi connectivity index (χ1n) is 7.29. The van der Waals surface area contributed by atoms with E-state index in [1.807, 2.05) is 0 Å². The second kappa shape index (κ2) is 6.14. The molecular weight excluding hydrogens is 252 g/mol. The van der Waals surface area contributed by atoms with E-state index in [2.05, 4.69) is 29.9 Å². The van der Waals surface area contributed by atoms with Crippen LogP contribution >= 0.6 is 0 Å². The minimum absolute atomic E-state index is 0.150. The van der Waals surface area contributed by atoms with Crippen LogP contribution in [-0.4, -0.2) is 28.9 Å². The van der Waals surface area contributed by atoms with Gasteiger partial charge in [0, 0.05) is 25.7 Å². The highest BCUT2D eigenvalue weighted by atomic mass is 15.4. The van der Waals surface area contributed by atoms with Crippen molar-refractivity contribution in [1.82, 2.24) is 9.78 Å². The topological polar surface area (TPSA) is 96.9 Å². The summed E-state index contributed by atoms with van der Waals surface area (Å²) in [5.74, 6) is 1.75. The molecule has 0 spiro atoms. The number of nitrogens with two attached hydrogens (primary N) is 2. The quantitative estimate of drug-likeness (QED) is 0.864. The SMILES string of the molecule is CC(C)CCn1nc(N2CCCC(N)C2)c(C#N)c1N. The first-order valence-corrected chi connectivity index (χ1v) is 7.29. The van der Waals surface area contributed by atoms with Crippen molar-refractivity contribution in [2.75, 3.05) is 23.7 Å². The number of rotatable bonds is 4. The van der Waals surface area contributed by atoms with Gasteiger partial charge in [-0.1, -0.05) is 13.8 Å². The number of piperidine rings is 1. The number of anilines is 2. The molecule has 6 heteroatoms. The second-order valence-electron chi connectivity index (χ2n) is 5.95. The Morgan fingerprint density at radius 3 is 2.85 bits per heavy atom. The summed E-state index contributed by atoms with van der Waals surface area (Å²) in [5, 5.41) is 13.9. The molecule has 6 nitrogen and oxygen atoms in total. The number of aryl methyl sites for hydroxylation is 1. The summed E-state index contributed by atoms with van der Waals surface area (Å²) in [4.78, 5) is 2.09. The van der Waals surface area contributed by atoms with Gasteiger partial charge in [0.15, 0.2) is 5.82 Å². The number of hydrogen-bond acceptors (Lipinski definition) is 5. The van der Waals surface area contributed by atoms with Crippen molar-refractivity contribution >= 4 is 11.6 Å². The molecule has 1 fully saturated rings. The maximum atomic E-state index is 9.35. The van der Waals surface area contributed by atoms with Crippen LogP contribution in [0, 0.1) is 17.2 Å². The third-order valence-electron chi connectivity index (χ3n) is 3.76. The van der Waals surface area contributed by atoms with E-state index in [0.29, 0.717) is 23.1 Å². The lowest BCUT2D eigenvalue weighted by Gasteiger charge is -2.30. The molecule has 0 radical (unpaired) electrons. The van der Waals surface area contributed by atoms with Crippen molar-refractivity contribution in [3.05, 3.63) is 5.56 Å². The number of nitrogen functional groups attached to an aromatic ring is 1. The fourth-order valence-electron chi connectivity index (χ4n) is 2.54. The molecule has 1 atom stereocenters. The van der Waals surface area contributed by atoms with Crippen LogP contribution in [-0.2, 0) is 6.54 Å². The van der Waals surface area contributed by atoms with Gasteiger partial charge in [0.2, 0.25) is 0 Å². The molecular formula is C14H24N6. The maximum Gasteiger partial charge on any atom is 0.170 e. The molecule has 110 valence electrons. The molecule has 0 aliphatic carbocycles. The Morgan fingerprint density at radius 2 is 2.25 bits per heavy atom. The van der Waals surface area contributed by atoms with E-state index in [-0.39, 0.29) is 6.04 Å². The summed E-state index contributed by atoms with van der Waals surface area (Å²) in [6, 6.07) is 2.34. The molecule has 1 aliphatic rings. The Hall–Kier alpha value is -1.74. The van der Waals surface area contributed by atoms with Gasteiger partial charge in [-0.05, 0) is 25.2 Å². The van der Waals surface area contributed by atoms with Gasteiger partial charge < -0.3 is 16.4 Å². The van der Waals surface area contributed by atoms with E-state index in [9.17, 15) is 5.26 Å². The van der Waals surface area contributed by atoms with Gasteiger partial charge in [-0.2, -0.15) is 10.4 Å². The van der Waals surface area contributed by atoms with E-state index in [0.717, 1.165) is 38.9 Å². The summed E-state index contributed by atoms with van der Waals surface area (Å²) in [7, 11) is 0. The molecule has 0 saturated carbocycles. The van der Waals surface area contributed by atoms with Crippen molar-refractivity contribution in [2.45, 2.75) is 45.7 Å². The number of aromatic nitrogens is 2. The molecule has 0 bridgehead atoms. The fraction of sp³-hybridized carbons (Fsp3) is 0.714. The summed E-state index contributed by atoms with van der Waals surface area (Å²) >= 11 is 0. The first-order chi connectivity index (χ1) is 9.52. The molecule has 0 amide bonds. The normalized spacial score (nSPS) is 19.4. The minimum Gasteiger partial charge on any atom is -0.383 e. The Morgan fingerprint density at radius 1 is 1.50 bits per heavy atom. The van der Waals surface area contributed by atoms with Crippen LogP contribution in [0.4, 0.5) is 11.6 Å². The number of nitriles is 1. The molecule has 2 heterocycles. The van der Waals surface area contributed by atoms with Crippen molar-refractivity contribution in [2.24, 2.45) is 11.7 Å². The molecule has 4 N–H and O–H groups in total. The van der Waals surface area contributed by atoms with Crippen LogP contribution in [0.2, 0.25) is 0 Å². The van der Waals surface area contributed by atoms with Crippen LogP contribution < -0.4 is 16.4 Å². The highest BCUT2D eigenvalue weighted by molar-refractivity contribution is 5.65. The predicted octanol–water partition coefficient (Wildman–Crippen LogP) is 1.31. The van der Waals surface area contributed by atoms with E-state index in [1.54, 1.807) is 4.68 Å². The molecule has 0 aromatic carbocycles. The summed E-state index contributed by atoms with van der Waals surface area (Å²) in [6.07, 6.45) is 3.06. The molecule has 1 aliphatic heterocycles. The van der Waals surface area contributed by atoms with Gasteiger partial charge in [-0.15, -0.1) is 0 Å². The van der Waals surface area contributed by atoms with Gasteiger partial charge in [0.05, 0.1) is 0 Å². The maximum absolute atomic E-state index is 9.35.